The predicted octanol–water partition coefficient (Wildman–Crippen LogP) is 3.01. The van der Waals surface area contributed by atoms with Crippen LogP contribution in [0.5, 0.6) is 17.2 Å². The number of hydrogen-bond donors (Lipinski definition) is 1. The van der Waals surface area contributed by atoms with Gasteiger partial charge < -0.3 is 18.6 Å². The quantitative estimate of drug-likeness (QED) is 0.726. The van der Waals surface area contributed by atoms with Crippen molar-refractivity contribution in [1.82, 2.24) is 10.2 Å². The van der Waals surface area contributed by atoms with Crippen molar-refractivity contribution in [1.29, 1.82) is 0 Å². The summed E-state index contributed by atoms with van der Waals surface area (Å²) in [5.41, 5.74) is 0.908. The van der Waals surface area contributed by atoms with Gasteiger partial charge >= 0.3 is 6.01 Å². The zero-order valence-electron chi connectivity index (χ0n) is 14.5. The number of amides is 1. The number of methoxy groups -OCH3 is 3. The third kappa shape index (κ3) is 3.30. The first-order valence-corrected chi connectivity index (χ1v) is 7.67. The maximum Gasteiger partial charge on any atom is 0.322 e. The van der Waals surface area contributed by atoms with Crippen LogP contribution in [0.2, 0.25) is 0 Å². The molecule has 26 heavy (non-hydrogen) atoms. The number of carbonyl (C=O) groups is 1. The van der Waals surface area contributed by atoms with Crippen molar-refractivity contribution in [2.45, 2.75) is 0 Å². The standard InChI is InChI=1S/C18H17N3O5/c1-23-13-9-5-4-7-11(13)17-20-21-18(26-17)19-16(22)12-8-6-10-14(24-2)15(12)25-3/h4-10H,1-3H3,(H,19,21,22). The van der Waals surface area contributed by atoms with Crippen molar-refractivity contribution in [2.24, 2.45) is 0 Å². The molecule has 3 rings (SSSR count). The number of hydrogen-bond acceptors (Lipinski definition) is 7. The third-order valence-electron chi connectivity index (χ3n) is 3.63. The van der Waals surface area contributed by atoms with Crippen molar-refractivity contribution in [3.63, 3.8) is 0 Å². The molecule has 1 amide bonds. The second-order valence-electron chi connectivity index (χ2n) is 5.11. The number of benzene rings is 2. The summed E-state index contributed by atoms with van der Waals surface area (Å²) in [6, 6.07) is 12.2. The second-order valence-corrected chi connectivity index (χ2v) is 5.11. The average Bonchev–Trinajstić information content (AvgIpc) is 3.15. The van der Waals surface area contributed by atoms with Crippen LogP contribution in [-0.4, -0.2) is 37.4 Å². The van der Waals surface area contributed by atoms with E-state index in [-0.39, 0.29) is 17.5 Å². The number of rotatable bonds is 6. The number of para-hydroxylation sites is 2. The fraction of sp³-hybridized carbons (Fsp3) is 0.167. The minimum Gasteiger partial charge on any atom is -0.496 e. The molecule has 0 saturated carbocycles. The van der Waals surface area contributed by atoms with E-state index in [0.29, 0.717) is 22.8 Å². The number of nitrogens with one attached hydrogen (secondary N) is 1. The van der Waals surface area contributed by atoms with Gasteiger partial charge in [-0.15, -0.1) is 5.10 Å². The first kappa shape index (κ1) is 17.3. The maximum atomic E-state index is 12.5. The molecule has 0 unspecified atom stereocenters. The van der Waals surface area contributed by atoms with Crippen LogP contribution in [0.15, 0.2) is 46.9 Å². The molecule has 1 heterocycles. The van der Waals surface area contributed by atoms with E-state index >= 15 is 0 Å². The Hall–Kier alpha value is -3.55. The van der Waals surface area contributed by atoms with Gasteiger partial charge in [0.25, 0.3) is 11.8 Å². The molecule has 134 valence electrons. The van der Waals surface area contributed by atoms with Gasteiger partial charge in [-0.05, 0) is 24.3 Å². The summed E-state index contributed by atoms with van der Waals surface area (Å²) in [6.45, 7) is 0. The zero-order chi connectivity index (χ0) is 18.5. The molecule has 0 saturated heterocycles. The van der Waals surface area contributed by atoms with Crippen molar-refractivity contribution in [3.8, 4) is 28.7 Å². The normalized spacial score (nSPS) is 10.3. The van der Waals surface area contributed by atoms with Gasteiger partial charge in [-0.3, -0.25) is 10.1 Å². The van der Waals surface area contributed by atoms with E-state index in [1.807, 2.05) is 12.1 Å². The summed E-state index contributed by atoms with van der Waals surface area (Å²) in [7, 11) is 4.51. The molecule has 8 heteroatoms. The maximum absolute atomic E-state index is 12.5. The van der Waals surface area contributed by atoms with Gasteiger partial charge in [-0.25, -0.2) is 0 Å². The lowest BCUT2D eigenvalue weighted by Gasteiger charge is -2.11. The van der Waals surface area contributed by atoms with Gasteiger partial charge in [0.1, 0.15) is 5.75 Å². The Labute approximate surface area is 149 Å². The number of anilines is 1. The number of ether oxygens (including phenoxy) is 3. The van der Waals surface area contributed by atoms with E-state index < -0.39 is 5.91 Å². The Morgan fingerprint density at radius 2 is 1.65 bits per heavy atom. The molecule has 1 aromatic heterocycles. The van der Waals surface area contributed by atoms with Crippen LogP contribution in [0.3, 0.4) is 0 Å². The Morgan fingerprint density at radius 3 is 2.38 bits per heavy atom. The van der Waals surface area contributed by atoms with E-state index in [0.717, 1.165) is 0 Å². The second kappa shape index (κ2) is 7.56. The molecule has 3 aromatic rings. The van der Waals surface area contributed by atoms with Crippen molar-refractivity contribution in [2.75, 3.05) is 26.6 Å². The number of aromatic nitrogens is 2. The van der Waals surface area contributed by atoms with Gasteiger partial charge in [-0.1, -0.05) is 23.3 Å². The molecule has 0 aliphatic rings. The first-order valence-electron chi connectivity index (χ1n) is 7.67. The minimum atomic E-state index is -0.462. The largest absolute Gasteiger partial charge is 0.496 e. The number of nitrogens with zero attached hydrogens (tertiary/aromatic N) is 2. The van der Waals surface area contributed by atoms with Crippen LogP contribution in [0.25, 0.3) is 11.5 Å². The highest BCUT2D eigenvalue weighted by Crippen LogP contribution is 2.32. The Morgan fingerprint density at radius 1 is 0.923 bits per heavy atom. The molecule has 0 bridgehead atoms. The topological polar surface area (TPSA) is 95.7 Å². The Kier molecular flexibility index (Phi) is 5.02. The van der Waals surface area contributed by atoms with Crippen molar-refractivity contribution >= 4 is 11.9 Å². The van der Waals surface area contributed by atoms with Crippen LogP contribution < -0.4 is 19.5 Å². The highest BCUT2D eigenvalue weighted by atomic mass is 16.5. The van der Waals surface area contributed by atoms with Gasteiger partial charge in [0.05, 0.1) is 32.5 Å². The molecule has 0 aliphatic heterocycles. The van der Waals surface area contributed by atoms with E-state index in [2.05, 4.69) is 15.5 Å². The summed E-state index contributed by atoms with van der Waals surface area (Å²) in [6.07, 6.45) is 0. The molecule has 0 atom stereocenters. The molecule has 0 aliphatic carbocycles. The molecule has 0 fully saturated rings. The van der Waals surface area contributed by atoms with Crippen LogP contribution in [-0.2, 0) is 0 Å². The molecular formula is C18H17N3O5. The Bertz CT molecular complexity index is 923. The Balaban J connectivity index is 1.85. The van der Waals surface area contributed by atoms with Gasteiger partial charge in [0, 0.05) is 0 Å². The highest BCUT2D eigenvalue weighted by molar-refractivity contribution is 6.05. The summed E-state index contributed by atoms with van der Waals surface area (Å²) >= 11 is 0. The molecule has 2 aromatic carbocycles. The van der Waals surface area contributed by atoms with Gasteiger partial charge in [0.15, 0.2) is 11.5 Å². The van der Waals surface area contributed by atoms with Gasteiger partial charge in [0.2, 0.25) is 0 Å². The van der Waals surface area contributed by atoms with E-state index in [9.17, 15) is 4.79 Å². The van der Waals surface area contributed by atoms with E-state index in [1.165, 1.54) is 14.2 Å². The SMILES string of the molecule is COc1ccccc1-c1nnc(NC(=O)c2cccc(OC)c2OC)o1. The summed E-state index contributed by atoms with van der Waals surface area (Å²) < 4.78 is 21.3. The lowest BCUT2D eigenvalue weighted by molar-refractivity contribution is 0.102. The zero-order valence-corrected chi connectivity index (χ0v) is 14.5. The van der Waals surface area contributed by atoms with Crippen molar-refractivity contribution < 1.29 is 23.4 Å². The monoisotopic (exact) mass is 355 g/mol. The van der Waals surface area contributed by atoms with E-state index in [4.69, 9.17) is 18.6 Å². The smallest absolute Gasteiger partial charge is 0.322 e. The van der Waals surface area contributed by atoms with Gasteiger partial charge in [-0.2, -0.15) is 0 Å². The predicted molar refractivity (Wildman–Crippen MR) is 93.8 cm³/mol. The molecular weight excluding hydrogens is 338 g/mol. The van der Waals surface area contributed by atoms with Crippen LogP contribution in [0.1, 0.15) is 10.4 Å². The number of carbonyl (C=O) groups excluding carboxylic acids is 1. The highest BCUT2D eigenvalue weighted by Gasteiger charge is 2.19. The summed E-state index contributed by atoms with van der Waals surface area (Å²) in [5.74, 6) is 1.12. The molecule has 8 nitrogen and oxygen atoms in total. The van der Waals surface area contributed by atoms with E-state index in [1.54, 1.807) is 37.4 Å². The minimum absolute atomic E-state index is 0.0409. The average molecular weight is 355 g/mol. The van der Waals surface area contributed by atoms with Crippen LogP contribution in [0, 0.1) is 0 Å². The summed E-state index contributed by atoms with van der Waals surface area (Å²) in [4.78, 5) is 12.5. The van der Waals surface area contributed by atoms with Crippen LogP contribution in [0.4, 0.5) is 6.01 Å². The molecule has 0 radical (unpaired) electrons. The third-order valence-corrected chi connectivity index (χ3v) is 3.63. The lowest BCUT2D eigenvalue weighted by Crippen LogP contribution is -2.13. The first-order chi connectivity index (χ1) is 12.7. The van der Waals surface area contributed by atoms with Crippen molar-refractivity contribution in [3.05, 3.63) is 48.0 Å². The molecule has 0 spiro atoms. The molecule has 1 N–H and O–H groups in total. The lowest BCUT2D eigenvalue weighted by atomic mass is 10.1. The fourth-order valence-corrected chi connectivity index (χ4v) is 2.43. The van der Waals surface area contributed by atoms with Crippen LogP contribution >= 0.6 is 0 Å². The summed E-state index contributed by atoms with van der Waals surface area (Å²) in [5, 5.41) is 10.4. The fourth-order valence-electron chi connectivity index (χ4n) is 2.43.